The molecule has 0 radical (unpaired) electrons. The van der Waals surface area contributed by atoms with Crippen molar-refractivity contribution in [1.82, 2.24) is 14.7 Å². The van der Waals surface area contributed by atoms with Crippen molar-refractivity contribution in [2.75, 3.05) is 20.6 Å². The number of hydrogen-bond acceptors (Lipinski definition) is 3. The lowest BCUT2D eigenvalue weighted by Crippen LogP contribution is -2.32. The lowest BCUT2D eigenvalue weighted by molar-refractivity contribution is 0.0652. The van der Waals surface area contributed by atoms with Crippen molar-refractivity contribution < 1.29 is 5.11 Å². The number of hydrogen-bond donors (Lipinski definition) is 1. The van der Waals surface area contributed by atoms with Gasteiger partial charge in [0.2, 0.25) is 0 Å². The summed E-state index contributed by atoms with van der Waals surface area (Å²) >= 11 is 3.54. The Balaban J connectivity index is 2.45. The smallest absolute Gasteiger partial charge is 0.132 e. The van der Waals surface area contributed by atoms with Gasteiger partial charge in [0.15, 0.2) is 0 Å². The molecule has 1 atom stereocenters. The highest BCUT2D eigenvalue weighted by molar-refractivity contribution is 9.10. The topological polar surface area (TPSA) is 41.3 Å². The minimum atomic E-state index is -1.04. The van der Waals surface area contributed by atoms with Crippen molar-refractivity contribution in [3.63, 3.8) is 0 Å². The molecule has 21 heavy (non-hydrogen) atoms. The molecule has 1 heterocycles. The van der Waals surface area contributed by atoms with E-state index in [2.05, 4.69) is 25.9 Å². The highest BCUT2D eigenvalue weighted by Crippen LogP contribution is 2.36. The first-order valence-corrected chi connectivity index (χ1v) is 7.92. The minimum absolute atomic E-state index is 0.587. The maximum absolute atomic E-state index is 11.3. The van der Waals surface area contributed by atoms with E-state index in [0.29, 0.717) is 6.42 Å². The van der Waals surface area contributed by atoms with E-state index in [9.17, 15) is 5.11 Å². The molecule has 0 aliphatic heterocycles. The van der Waals surface area contributed by atoms with Gasteiger partial charge in [-0.3, -0.25) is 4.68 Å². The average molecular weight is 352 g/mol. The van der Waals surface area contributed by atoms with Gasteiger partial charge in [-0.05, 0) is 42.0 Å². The van der Waals surface area contributed by atoms with Crippen molar-refractivity contribution in [2.24, 2.45) is 0 Å². The zero-order valence-electron chi connectivity index (χ0n) is 12.8. The van der Waals surface area contributed by atoms with Crippen LogP contribution in [0.5, 0.6) is 0 Å². The van der Waals surface area contributed by atoms with Crippen molar-refractivity contribution in [1.29, 1.82) is 0 Å². The van der Waals surface area contributed by atoms with Crippen LogP contribution in [-0.2, 0) is 12.1 Å². The minimum Gasteiger partial charge on any atom is -0.379 e. The molecule has 2 aromatic rings. The summed E-state index contributed by atoms with van der Waals surface area (Å²) in [4.78, 5) is 2.10. The molecular weight excluding hydrogens is 330 g/mol. The maximum atomic E-state index is 11.3. The number of aliphatic hydroxyl groups is 1. The Hall–Kier alpha value is -1.17. The third kappa shape index (κ3) is 3.36. The van der Waals surface area contributed by atoms with Gasteiger partial charge in [-0.15, -0.1) is 0 Å². The van der Waals surface area contributed by atoms with Gasteiger partial charge < -0.3 is 10.0 Å². The monoisotopic (exact) mass is 351 g/mol. The lowest BCUT2D eigenvalue weighted by Gasteiger charge is -2.29. The van der Waals surface area contributed by atoms with Crippen LogP contribution in [0.2, 0.25) is 0 Å². The van der Waals surface area contributed by atoms with Gasteiger partial charge in [-0.1, -0.05) is 37.3 Å². The van der Waals surface area contributed by atoms with Gasteiger partial charge in [-0.2, -0.15) is 5.10 Å². The van der Waals surface area contributed by atoms with Crippen LogP contribution in [0.15, 0.2) is 41.0 Å². The summed E-state index contributed by atoms with van der Waals surface area (Å²) in [5, 5.41) is 15.7. The Morgan fingerprint density at radius 3 is 2.52 bits per heavy atom. The van der Waals surface area contributed by atoms with E-state index in [1.807, 2.05) is 56.0 Å². The van der Waals surface area contributed by atoms with E-state index in [1.165, 1.54) is 0 Å². The van der Waals surface area contributed by atoms with Crippen LogP contribution in [0.1, 0.15) is 24.6 Å². The number of nitrogens with zero attached hydrogens (tertiary/aromatic N) is 3. The molecular formula is C16H22BrN3O. The molecule has 2 rings (SSSR count). The molecule has 0 amide bonds. The Bertz CT molecular complexity index is 582. The zero-order valence-corrected chi connectivity index (χ0v) is 14.3. The van der Waals surface area contributed by atoms with Crippen molar-refractivity contribution in [3.8, 4) is 0 Å². The second-order valence-electron chi connectivity index (χ2n) is 5.45. The van der Waals surface area contributed by atoms with Gasteiger partial charge >= 0.3 is 0 Å². The number of likely N-dealkylation sites (N-methyl/N-ethyl adjacent to an activating group) is 1. The normalized spacial score (nSPS) is 14.4. The molecule has 1 aromatic carbocycles. The van der Waals surface area contributed by atoms with Crippen molar-refractivity contribution in [3.05, 3.63) is 52.3 Å². The Labute approximate surface area is 134 Å². The molecule has 1 N–H and O–H groups in total. The van der Waals surface area contributed by atoms with Crippen LogP contribution >= 0.6 is 15.9 Å². The molecule has 0 saturated carbocycles. The third-order valence-corrected chi connectivity index (χ3v) is 4.29. The summed E-state index contributed by atoms with van der Waals surface area (Å²) in [6.07, 6.45) is 2.35. The molecule has 0 fully saturated rings. The predicted molar refractivity (Wildman–Crippen MR) is 88.2 cm³/mol. The van der Waals surface area contributed by atoms with Crippen LogP contribution in [0.3, 0.4) is 0 Å². The van der Waals surface area contributed by atoms with E-state index in [-0.39, 0.29) is 0 Å². The van der Waals surface area contributed by atoms with Crippen molar-refractivity contribution >= 4 is 15.9 Å². The Kier molecular flexibility index (Phi) is 5.19. The highest BCUT2D eigenvalue weighted by Gasteiger charge is 2.35. The number of benzene rings is 1. The van der Waals surface area contributed by atoms with E-state index in [4.69, 9.17) is 0 Å². The average Bonchev–Trinajstić information content (AvgIpc) is 2.87. The molecule has 114 valence electrons. The van der Waals surface area contributed by atoms with Crippen LogP contribution in [0, 0.1) is 0 Å². The summed E-state index contributed by atoms with van der Waals surface area (Å²) in [6, 6.07) is 9.77. The first-order chi connectivity index (χ1) is 9.99. The van der Waals surface area contributed by atoms with Crippen LogP contribution in [0.25, 0.3) is 0 Å². The fourth-order valence-electron chi connectivity index (χ4n) is 2.46. The second-order valence-corrected chi connectivity index (χ2v) is 6.30. The van der Waals surface area contributed by atoms with Gasteiger partial charge in [0, 0.05) is 6.54 Å². The van der Waals surface area contributed by atoms with Crippen LogP contribution < -0.4 is 0 Å². The van der Waals surface area contributed by atoms with Gasteiger partial charge in [0.05, 0.1) is 22.9 Å². The molecule has 0 bridgehead atoms. The highest BCUT2D eigenvalue weighted by atomic mass is 79.9. The molecule has 1 aromatic heterocycles. The maximum Gasteiger partial charge on any atom is 0.132 e. The summed E-state index contributed by atoms with van der Waals surface area (Å²) < 4.78 is 2.73. The summed E-state index contributed by atoms with van der Waals surface area (Å²) in [5.41, 5.74) is 0.668. The SMILES string of the molecule is CCC(O)(c1ccccc1)c1c(Br)cnn1CCN(C)C. The molecule has 0 aliphatic rings. The molecule has 0 spiro atoms. The first kappa shape index (κ1) is 16.2. The summed E-state index contributed by atoms with van der Waals surface area (Å²) in [7, 11) is 4.06. The Morgan fingerprint density at radius 2 is 1.95 bits per heavy atom. The van der Waals surface area contributed by atoms with Gasteiger partial charge in [-0.25, -0.2) is 0 Å². The number of rotatable bonds is 6. The van der Waals surface area contributed by atoms with E-state index >= 15 is 0 Å². The zero-order chi connectivity index (χ0) is 15.5. The standard InChI is InChI=1S/C16H22BrN3O/c1-4-16(21,13-8-6-5-7-9-13)15-14(17)12-18-20(15)11-10-19(2)3/h5-9,12,21H,4,10-11H2,1-3H3. The molecule has 1 unspecified atom stereocenters. The first-order valence-electron chi connectivity index (χ1n) is 7.13. The number of halogens is 1. The van der Waals surface area contributed by atoms with Gasteiger partial charge in [0.1, 0.15) is 5.60 Å². The third-order valence-electron chi connectivity index (χ3n) is 3.71. The van der Waals surface area contributed by atoms with E-state index in [0.717, 1.165) is 28.8 Å². The fraction of sp³-hybridized carbons (Fsp3) is 0.438. The van der Waals surface area contributed by atoms with E-state index < -0.39 is 5.60 Å². The summed E-state index contributed by atoms with van der Waals surface area (Å²) in [5.74, 6) is 0. The Morgan fingerprint density at radius 1 is 1.29 bits per heavy atom. The quantitative estimate of drug-likeness (QED) is 0.869. The van der Waals surface area contributed by atoms with Gasteiger partial charge in [0.25, 0.3) is 0 Å². The summed E-state index contributed by atoms with van der Waals surface area (Å²) in [6.45, 7) is 3.60. The predicted octanol–water partition coefficient (Wildman–Crippen LogP) is 2.85. The van der Waals surface area contributed by atoms with Crippen molar-refractivity contribution in [2.45, 2.75) is 25.5 Å². The van der Waals surface area contributed by atoms with Crippen LogP contribution in [0.4, 0.5) is 0 Å². The second kappa shape index (κ2) is 6.73. The molecule has 0 aliphatic carbocycles. The molecule has 5 heteroatoms. The fourth-order valence-corrected chi connectivity index (χ4v) is 3.08. The largest absolute Gasteiger partial charge is 0.379 e. The number of aromatic nitrogens is 2. The molecule has 4 nitrogen and oxygen atoms in total. The van der Waals surface area contributed by atoms with Crippen LogP contribution in [-0.4, -0.2) is 40.4 Å². The lowest BCUT2D eigenvalue weighted by atomic mass is 9.88. The molecule has 0 saturated heterocycles. The van der Waals surface area contributed by atoms with E-state index in [1.54, 1.807) is 6.20 Å².